The van der Waals surface area contributed by atoms with Gasteiger partial charge in [-0.25, -0.2) is 9.97 Å². The van der Waals surface area contributed by atoms with Crippen LogP contribution in [0.15, 0.2) is 66.9 Å². The van der Waals surface area contributed by atoms with E-state index in [0.29, 0.717) is 16.9 Å². The van der Waals surface area contributed by atoms with E-state index in [1.54, 1.807) is 41.3 Å². The summed E-state index contributed by atoms with van der Waals surface area (Å²) in [6.07, 6.45) is -0.378. The lowest BCUT2D eigenvalue weighted by molar-refractivity contribution is 0.138. The van der Waals surface area contributed by atoms with Crippen molar-refractivity contribution in [2.24, 2.45) is 0 Å². The van der Waals surface area contributed by atoms with Crippen molar-refractivity contribution in [3.05, 3.63) is 78.0 Å². The first-order valence-electron chi connectivity index (χ1n) is 16.2. The molecule has 35 heavy (non-hydrogen) atoms. The molecule has 0 atom stereocenters. The largest absolute Gasteiger partial charge is 0.492 e. The number of benzene rings is 2. The van der Waals surface area contributed by atoms with Gasteiger partial charge in [-0.2, -0.15) is 0 Å². The van der Waals surface area contributed by atoms with E-state index in [9.17, 15) is 0 Å². The summed E-state index contributed by atoms with van der Waals surface area (Å²) in [6.45, 7) is -8.05. The monoisotopic (exact) mass is 482 g/mol. The summed E-state index contributed by atoms with van der Waals surface area (Å²) in [7, 11) is 0. The maximum absolute atomic E-state index is 8.69. The number of hydrogen-bond acceptors (Lipinski definition) is 7. The molecule has 2 aliphatic heterocycles. The van der Waals surface area contributed by atoms with Gasteiger partial charge in [0.2, 0.25) is 5.95 Å². The van der Waals surface area contributed by atoms with Gasteiger partial charge in [-0.15, -0.1) is 0 Å². The highest BCUT2D eigenvalue weighted by atomic mass is 16.5. The molecule has 5 rings (SSSR count). The lowest BCUT2D eigenvalue weighted by Crippen LogP contribution is -2.25. The van der Waals surface area contributed by atoms with Gasteiger partial charge in [0, 0.05) is 35.0 Å². The molecule has 0 radical (unpaired) electrons. The normalized spacial score (nSPS) is 29.1. The summed E-state index contributed by atoms with van der Waals surface area (Å²) < 4.78 is 99.0. The quantitative estimate of drug-likeness (QED) is 0.527. The number of aromatic nitrogens is 2. The molecule has 0 amide bonds. The highest BCUT2D eigenvalue weighted by Crippen LogP contribution is 2.26. The van der Waals surface area contributed by atoms with Crippen molar-refractivity contribution >= 4 is 11.6 Å². The molecule has 7 nitrogen and oxygen atoms in total. The molecule has 0 aliphatic carbocycles. The fourth-order valence-corrected chi connectivity index (χ4v) is 3.49. The summed E-state index contributed by atoms with van der Waals surface area (Å²) in [5, 5.41) is 3.02. The molecule has 3 heterocycles. The predicted molar refractivity (Wildman–Crippen MR) is 137 cm³/mol. The molecule has 3 aromatic rings. The third kappa shape index (κ3) is 6.66. The number of rotatable bonds is 4. The zero-order valence-corrected chi connectivity index (χ0v) is 19.0. The summed E-state index contributed by atoms with van der Waals surface area (Å²) >= 11 is 0. The molecule has 2 aliphatic rings. The SMILES string of the molecule is [2H]C1([2H])/C=C/COC([2H])([2H])c2cccc(c2)-c2ccnc(n2)Nc2ccc(OCCN3CC([2H])([2H])C([2H])([2H])C3)c(c2)C([2H])([2H])O1. The van der Waals surface area contributed by atoms with Crippen molar-refractivity contribution in [3.8, 4) is 17.0 Å². The molecule has 0 unspecified atom stereocenters. The lowest BCUT2D eigenvalue weighted by atomic mass is 10.1. The second kappa shape index (κ2) is 11.9. The Bertz CT molecular complexity index is 1560. The Morgan fingerprint density at radius 2 is 1.97 bits per heavy atom. The van der Waals surface area contributed by atoms with Crippen LogP contribution in [0.5, 0.6) is 5.75 Å². The summed E-state index contributed by atoms with van der Waals surface area (Å²) in [5.74, 6) is 0.197. The molecule has 0 spiro atoms. The number of nitrogens with one attached hydrogen (secondary N) is 1. The maximum atomic E-state index is 8.69. The summed E-state index contributed by atoms with van der Waals surface area (Å²) in [4.78, 5) is 10.4. The average molecular weight is 483 g/mol. The number of hydrogen-bond donors (Lipinski definition) is 1. The van der Waals surface area contributed by atoms with Gasteiger partial charge in [0.25, 0.3) is 0 Å². The molecule has 0 saturated carbocycles. The first-order valence-corrected chi connectivity index (χ1v) is 11.2. The van der Waals surface area contributed by atoms with Gasteiger partial charge in [0.05, 0.1) is 40.2 Å². The second-order valence-corrected chi connectivity index (χ2v) is 7.73. The van der Waals surface area contributed by atoms with Crippen LogP contribution in [0.3, 0.4) is 0 Å². The van der Waals surface area contributed by atoms with Crippen molar-refractivity contribution in [1.29, 1.82) is 0 Å². The lowest BCUT2D eigenvalue weighted by Gasteiger charge is -2.17. The molecule has 6 bridgehead atoms. The fourth-order valence-electron chi connectivity index (χ4n) is 3.49. The summed E-state index contributed by atoms with van der Waals surface area (Å²) in [5.41, 5.74) is 1.51. The number of fused-ring (bicyclic) bond motifs is 7. The van der Waals surface area contributed by atoms with E-state index in [1.807, 2.05) is 0 Å². The number of likely N-dealkylation sites (tertiary alicyclic amines) is 1. The highest BCUT2D eigenvalue weighted by molar-refractivity contribution is 5.63. The second-order valence-electron chi connectivity index (χ2n) is 7.73. The van der Waals surface area contributed by atoms with E-state index in [0.717, 1.165) is 6.08 Å². The van der Waals surface area contributed by atoms with Gasteiger partial charge in [0.15, 0.2) is 0 Å². The smallest absolute Gasteiger partial charge is 0.227 e. The van der Waals surface area contributed by atoms with Crippen molar-refractivity contribution in [2.45, 2.75) is 25.9 Å². The highest BCUT2D eigenvalue weighted by Gasteiger charge is 2.13. The third-order valence-corrected chi connectivity index (χ3v) is 5.22. The Morgan fingerprint density at radius 1 is 1.03 bits per heavy atom. The van der Waals surface area contributed by atoms with Gasteiger partial charge in [-0.3, -0.25) is 4.90 Å². The zero-order valence-electron chi connectivity index (χ0n) is 29.0. The van der Waals surface area contributed by atoms with E-state index in [2.05, 4.69) is 15.3 Å². The van der Waals surface area contributed by atoms with Gasteiger partial charge in [0.1, 0.15) is 12.4 Å². The fraction of sp³-hybridized carbons (Fsp3) is 0.357. The van der Waals surface area contributed by atoms with Crippen molar-refractivity contribution < 1.29 is 27.9 Å². The molecule has 1 aromatic heterocycles. The predicted octanol–water partition coefficient (Wildman–Crippen LogP) is 4.96. The molecule has 1 fully saturated rings. The van der Waals surface area contributed by atoms with Crippen LogP contribution in [0.1, 0.15) is 37.6 Å². The van der Waals surface area contributed by atoms with Crippen LogP contribution in [0.4, 0.5) is 11.6 Å². The Morgan fingerprint density at radius 3 is 2.91 bits per heavy atom. The van der Waals surface area contributed by atoms with Crippen LogP contribution in [-0.4, -0.2) is 54.3 Å². The minimum absolute atomic E-state index is 0.0294. The number of nitrogens with zero attached hydrogens (tertiary/aromatic N) is 3. The van der Waals surface area contributed by atoms with E-state index in [-0.39, 0.29) is 55.7 Å². The molecule has 2 aromatic carbocycles. The van der Waals surface area contributed by atoms with Gasteiger partial charge < -0.3 is 19.5 Å². The Balaban J connectivity index is 1.47. The van der Waals surface area contributed by atoms with Crippen molar-refractivity contribution in [1.82, 2.24) is 14.9 Å². The molecule has 7 heteroatoms. The van der Waals surface area contributed by atoms with Crippen LogP contribution in [0.2, 0.25) is 0 Å². The van der Waals surface area contributed by atoms with E-state index < -0.39 is 32.4 Å². The Kier molecular flexibility index (Phi) is 4.89. The number of ether oxygens (including phenoxy) is 3. The van der Waals surface area contributed by atoms with Crippen LogP contribution in [0, 0.1) is 0 Å². The van der Waals surface area contributed by atoms with Crippen LogP contribution >= 0.6 is 0 Å². The minimum atomic E-state index is -2.75. The molecular weight excluding hydrogens is 440 g/mol. The first-order chi connectivity index (χ1) is 21.0. The van der Waals surface area contributed by atoms with Crippen molar-refractivity contribution in [2.75, 3.05) is 44.7 Å². The first kappa shape index (κ1) is 14.3. The van der Waals surface area contributed by atoms with Crippen LogP contribution in [0.25, 0.3) is 11.3 Å². The standard InChI is InChI=1S/C28H32N4O3/c1-2-13-32(12-1)14-17-35-27-9-8-25-19-24(27)21-34-16-4-3-15-33-20-22-6-5-7-23(18-22)26-10-11-29-28(30-25)31-26/h3-11,18-19H,1-2,12-17,20-21H2,(H,29,30,31)/b4-3+/i1D2,2D2,16D2,20D2,21D2. The molecule has 182 valence electrons. The molecular formula is C28H32N4O3. The van der Waals surface area contributed by atoms with Gasteiger partial charge in [-0.1, -0.05) is 30.4 Å². The Hall–Kier alpha value is -3.26. The molecule has 1 N–H and O–H groups in total. The van der Waals surface area contributed by atoms with Gasteiger partial charge >= 0.3 is 0 Å². The number of anilines is 2. The van der Waals surface area contributed by atoms with E-state index in [1.165, 1.54) is 24.4 Å². The van der Waals surface area contributed by atoms with E-state index >= 15 is 0 Å². The molecule has 1 saturated heterocycles. The third-order valence-electron chi connectivity index (χ3n) is 5.22. The van der Waals surface area contributed by atoms with Crippen LogP contribution in [-0.2, 0) is 22.6 Å². The summed E-state index contributed by atoms with van der Waals surface area (Å²) in [6, 6.07) is 12.7. The zero-order chi connectivity index (χ0) is 32.7. The van der Waals surface area contributed by atoms with Crippen molar-refractivity contribution in [3.63, 3.8) is 0 Å². The van der Waals surface area contributed by atoms with Crippen LogP contribution < -0.4 is 10.1 Å². The van der Waals surface area contributed by atoms with E-state index in [4.69, 9.17) is 27.9 Å². The topological polar surface area (TPSA) is 68.7 Å². The van der Waals surface area contributed by atoms with Gasteiger partial charge in [-0.05, 0) is 61.7 Å². The average Bonchev–Trinajstić information content (AvgIpc) is 3.16. The maximum Gasteiger partial charge on any atom is 0.227 e. The minimum Gasteiger partial charge on any atom is -0.492 e. The Labute approximate surface area is 220 Å².